The zero-order valence-electron chi connectivity index (χ0n) is 33.5. The molecular weight excluding hydrogens is 833 g/mol. The molecule has 2 aromatic carbocycles. The molecule has 0 spiro atoms. The van der Waals surface area contributed by atoms with Crippen LogP contribution in [0, 0.1) is 23.5 Å². The standard InChI is InChI=1S/2C23H21ClFN5O/c24-16-1-2-19(25)18(11-16)21-12-17(3-7-26-21)29-20-4-8-27-22-13-28-30(23(20)22)14-15-5-9-31-10-6-15;24-16-1-2-19(25)18(11-16)21-12-17(3-7-26-21)28-20-4-8-27-22-14-30(29-23(20)22)13-15-5-9-31-10-6-15/h1-4,7-8,11-13,15H,5-6,9-10,14H2,(H,26,27,29);1-4,7-8,11-12,14-15H,5-6,9-10,13H2,(H,26,28). The van der Waals surface area contributed by atoms with Gasteiger partial charge in [0.05, 0.1) is 35.2 Å². The van der Waals surface area contributed by atoms with Gasteiger partial charge in [-0.1, -0.05) is 23.2 Å². The summed E-state index contributed by atoms with van der Waals surface area (Å²) in [6.07, 6.45) is 14.7. The van der Waals surface area contributed by atoms with Crippen molar-refractivity contribution in [3.8, 4) is 22.5 Å². The minimum Gasteiger partial charge on any atom is -0.381 e. The van der Waals surface area contributed by atoms with Crippen LogP contribution in [0.4, 0.5) is 31.5 Å². The SMILES string of the molecule is Fc1ccc(Cl)cc1-c1cc(Nc2ccnc3cn(CC4CCOCC4)nc23)ccn1.Fc1ccc(Cl)cc1-c1cc(Nc2ccnc3cnn(CC4CCOCC4)c23)ccn1. The number of hydrogen-bond acceptors (Lipinski definition) is 10. The minimum atomic E-state index is -0.368. The van der Waals surface area contributed by atoms with Gasteiger partial charge in [0.15, 0.2) is 0 Å². The lowest BCUT2D eigenvalue weighted by Crippen LogP contribution is -2.21. The Morgan fingerprint density at radius 2 is 1.15 bits per heavy atom. The molecule has 2 N–H and O–H groups in total. The van der Waals surface area contributed by atoms with Crippen molar-refractivity contribution in [2.45, 2.75) is 38.8 Å². The Morgan fingerprint density at radius 3 is 1.76 bits per heavy atom. The highest BCUT2D eigenvalue weighted by Gasteiger charge is 2.19. The first kappa shape index (κ1) is 41.3. The number of hydrogen-bond donors (Lipinski definition) is 2. The molecule has 0 aliphatic carbocycles. The fourth-order valence-electron chi connectivity index (χ4n) is 7.80. The molecule has 8 aromatic rings. The second-order valence-electron chi connectivity index (χ2n) is 15.3. The van der Waals surface area contributed by atoms with Crippen molar-refractivity contribution in [1.82, 2.24) is 39.5 Å². The maximum Gasteiger partial charge on any atom is 0.134 e. The van der Waals surface area contributed by atoms with Crippen LogP contribution in [-0.4, -0.2) is 65.9 Å². The highest BCUT2D eigenvalue weighted by molar-refractivity contribution is 6.31. The van der Waals surface area contributed by atoms with Crippen molar-refractivity contribution in [3.05, 3.63) is 132 Å². The van der Waals surface area contributed by atoms with Gasteiger partial charge in [0.25, 0.3) is 0 Å². The minimum absolute atomic E-state index is 0.358. The third-order valence-corrected chi connectivity index (χ3v) is 11.5. The summed E-state index contributed by atoms with van der Waals surface area (Å²) in [6.45, 7) is 4.90. The molecule has 6 aromatic heterocycles. The molecule has 0 amide bonds. The van der Waals surface area contributed by atoms with Crippen molar-refractivity contribution in [3.63, 3.8) is 0 Å². The molecule has 0 radical (unpaired) electrons. The van der Waals surface area contributed by atoms with Crippen LogP contribution in [0.25, 0.3) is 44.6 Å². The number of pyridine rings is 4. The smallest absolute Gasteiger partial charge is 0.134 e. The van der Waals surface area contributed by atoms with Crippen LogP contribution in [0.1, 0.15) is 25.7 Å². The highest BCUT2D eigenvalue weighted by Crippen LogP contribution is 2.32. The Morgan fingerprint density at radius 1 is 0.613 bits per heavy atom. The average Bonchev–Trinajstić information content (AvgIpc) is 3.91. The number of halogens is 4. The van der Waals surface area contributed by atoms with Crippen molar-refractivity contribution in [2.75, 3.05) is 37.1 Å². The Bertz CT molecular complexity index is 2820. The van der Waals surface area contributed by atoms with Crippen LogP contribution in [-0.2, 0) is 22.6 Å². The molecule has 0 atom stereocenters. The van der Waals surface area contributed by atoms with Gasteiger partial charge in [0.1, 0.15) is 33.7 Å². The lowest BCUT2D eigenvalue weighted by molar-refractivity contribution is 0.0602. The fourth-order valence-corrected chi connectivity index (χ4v) is 8.14. The normalized spacial score (nSPS) is 14.8. The maximum atomic E-state index is 14.3. The lowest BCUT2D eigenvalue weighted by atomic mass is 10.0. The van der Waals surface area contributed by atoms with E-state index in [0.717, 1.165) is 110 Å². The van der Waals surface area contributed by atoms with Gasteiger partial charge in [-0.25, -0.2) is 8.78 Å². The summed E-state index contributed by atoms with van der Waals surface area (Å²) in [5, 5.41) is 17.1. The number of benzene rings is 2. The number of nitrogens with zero attached hydrogens (tertiary/aromatic N) is 8. The molecule has 2 fully saturated rings. The van der Waals surface area contributed by atoms with Gasteiger partial charge in [-0.15, -0.1) is 0 Å². The van der Waals surface area contributed by atoms with Crippen molar-refractivity contribution in [1.29, 1.82) is 0 Å². The average molecular weight is 876 g/mol. The van der Waals surface area contributed by atoms with Crippen LogP contribution < -0.4 is 10.6 Å². The molecule has 12 nitrogen and oxygen atoms in total. The lowest BCUT2D eigenvalue weighted by Gasteiger charge is -2.22. The third kappa shape index (κ3) is 9.68. The maximum absolute atomic E-state index is 14.3. The number of ether oxygens (including phenoxy) is 2. The summed E-state index contributed by atoms with van der Waals surface area (Å²) in [4.78, 5) is 17.5. The summed E-state index contributed by atoms with van der Waals surface area (Å²) < 4.78 is 43.5. The van der Waals surface area contributed by atoms with Crippen LogP contribution in [0.2, 0.25) is 10.0 Å². The fraction of sp³-hybridized carbons (Fsp3) is 0.261. The molecule has 2 aliphatic rings. The first-order chi connectivity index (χ1) is 30.3. The Balaban J connectivity index is 0.000000158. The van der Waals surface area contributed by atoms with E-state index in [4.69, 9.17) is 37.8 Å². The van der Waals surface area contributed by atoms with Gasteiger partial charge in [-0.2, -0.15) is 10.2 Å². The van der Waals surface area contributed by atoms with E-state index in [0.29, 0.717) is 44.4 Å². The van der Waals surface area contributed by atoms with E-state index >= 15 is 0 Å². The summed E-state index contributed by atoms with van der Waals surface area (Å²) in [7, 11) is 0. The van der Waals surface area contributed by atoms with E-state index in [1.165, 1.54) is 24.3 Å². The predicted molar refractivity (Wildman–Crippen MR) is 238 cm³/mol. The van der Waals surface area contributed by atoms with E-state index in [1.54, 1.807) is 55.2 Å². The largest absolute Gasteiger partial charge is 0.381 e. The van der Waals surface area contributed by atoms with Crippen molar-refractivity contribution in [2.24, 2.45) is 11.8 Å². The molecule has 0 bridgehead atoms. The van der Waals surface area contributed by atoms with Gasteiger partial charge in [0.2, 0.25) is 0 Å². The van der Waals surface area contributed by atoms with Crippen LogP contribution in [0.15, 0.2) is 110 Å². The monoisotopic (exact) mass is 874 g/mol. The van der Waals surface area contributed by atoms with Gasteiger partial charge in [-0.3, -0.25) is 29.3 Å². The third-order valence-electron chi connectivity index (χ3n) is 11.0. The Hall–Kier alpha value is -6.06. The van der Waals surface area contributed by atoms with E-state index in [2.05, 4.69) is 35.7 Å². The predicted octanol–water partition coefficient (Wildman–Crippen LogP) is 10.9. The van der Waals surface area contributed by atoms with Crippen LogP contribution in [0.3, 0.4) is 0 Å². The molecule has 2 saturated heterocycles. The van der Waals surface area contributed by atoms with Crippen LogP contribution >= 0.6 is 23.2 Å². The summed E-state index contributed by atoms with van der Waals surface area (Å²) >= 11 is 12.1. The summed E-state index contributed by atoms with van der Waals surface area (Å²) in [5.74, 6) is 0.361. The number of rotatable bonds is 10. The summed E-state index contributed by atoms with van der Waals surface area (Å²) in [6, 6.07) is 20.0. The molecule has 62 heavy (non-hydrogen) atoms. The van der Waals surface area contributed by atoms with Gasteiger partial charge in [-0.05, 0) is 110 Å². The second-order valence-corrected chi connectivity index (χ2v) is 16.2. The number of nitrogens with one attached hydrogen (secondary N) is 2. The highest BCUT2D eigenvalue weighted by atomic mass is 35.5. The first-order valence-corrected chi connectivity index (χ1v) is 21.2. The number of fused-ring (bicyclic) bond motifs is 2. The molecular formula is C46H42Cl2F2N10O2. The van der Waals surface area contributed by atoms with Gasteiger partial charge in [0, 0.05) is 96.9 Å². The molecule has 2 aliphatic heterocycles. The Kier molecular flexibility index (Phi) is 12.6. The topological polar surface area (TPSA) is 130 Å². The van der Waals surface area contributed by atoms with Crippen molar-refractivity contribution >= 4 is 68.0 Å². The molecule has 0 saturated carbocycles. The number of anilines is 4. The van der Waals surface area contributed by atoms with Gasteiger partial charge >= 0.3 is 0 Å². The zero-order valence-corrected chi connectivity index (χ0v) is 35.0. The zero-order chi connectivity index (χ0) is 42.4. The van der Waals surface area contributed by atoms with Crippen LogP contribution in [0.5, 0.6) is 0 Å². The molecule has 0 unspecified atom stereocenters. The van der Waals surface area contributed by atoms with E-state index < -0.39 is 0 Å². The van der Waals surface area contributed by atoms with E-state index in [1.807, 2.05) is 39.8 Å². The summed E-state index contributed by atoms with van der Waals surface area (Å²) in [5.41, 5.74) is 8.40. The van der Waals surface area contributed by atoms with E-state index in [-0.39, 0.29) is 11.6 Å². The van der Waals surface area contributed by atoms with Crippen molar-refractivity contribution < 1.29 is 18.3 Å². The molecule has 316 valence electrons. The molecule has 8 heterocycles. The molecule has 10 rings (SSSR count). The molecule has 16 heteroatoms. The second kappa shape index (κ2) is 18.9. The van der Waals surface area contributed by atoms with E-state index in [9.17, 15) is 8.78 Å². The quantitative estimate of drug-likeness (QED) is 0.137. The Labute approximate surface area is 366 Å². The number of aromatic nitrogens is 8. The first-order valence-electron chi connectivity index (χ1n) is 20.5. The van der Waals surface area contributed by atoms with Gasteiger partial charge < -0.3 is 20.1 Å².